The minimum Gasteiger partial charge on any atom is -0.326 e. The van der Waals surface area contributed by atoms with Crippen molar-refractivity contribution < 1.29 is 8.42 Å². The maximum Gasteiger partial charge on any atom is 0.250 e. The molecule has 0 spiro atoms. The Labute approximate surface area is 87.5 Å². The second-order valence-corrected chi connectivity index (χ2v) is 5.73. The topological polar surface area (TPSA) is 72.2 Å². The minimum absolute atomic E-state index is 0.234. The summed E-state index contributed by atoms with van der Waals surface area (Å²) in [4.78, 5) is 0.851. The van der Waals surface area contributed by atoms with Crippen molar-refractivity contribution in [3.63, 3.8) is 0 Å². The maximum atomic E-state index is 11.5. The number of nitrogens with one attached hydrogen (secondary N) is 1. The van der Waals surface area contributed by atoms with Gasteiger partial charge in [0.2, 0.25) is 10.0 Å². The summed E-state index contributed by atoms with van der Waals surface area (Å²) in [7, 11) is -3.37. The van der Waals surface area contributed by atoms with Crippen LogP contribution in [0.15, 0.2) is 29.0 Å². The average Bonchev–Trinajstić information content (AvgIpc) is 2.63. The highest BCUT2D eigenvalue weighted by Gasteiger charge is 2.14. The summed E-state index contributed by atoms with van der Waals surface area (Å²) in [6, 6.07) is 3.27. The summed E-state index contributed by atoms with van der Waals surface area (Å²) < 4.78 is 25.7. The Kier molecular flexibility index (Phi) is 3.82. The Bertz CT molecular complexity index is 409. The molecule has 0 saturated heterocycles. The van der Waals surface area contributed by atoms with E-state index in [0.29, 0.717) is 10.8 Å². The summed E-state index contributed by atoms with van der Waals surface area (Å²) in [5.74, 6) is 0. The van der Waals surface area contributed by atoms with Crippen molar-refractivity contribution in [1.29, 1.82) is 0 Å². The average molecular weight is 232 g/mol. The lowest BCUT2D eigenvalue weighted by Crippen LogP contribution is -2.22. The first-order chi connectivity index (χ1) is 6.60. The van der Waals surface area contributed by atoms with Crippen molar-refractivity contribution in [3.05, 3.63) is 29.7 Å². The van der Waals surface area contributed by atoms with Crippen LogP contribution in [-0.4, -0.2) is 15.0 Å². The van der Waals surface area contributed by atoms with Crippen molar-refractivity contribution in [3.8, 4) is 0 Å². The molecule has 1 rings (SSSR count). The van der Waals surface area contributed by atoms with Gasteiger partial charge < -0.3 is 5.73 Å². The van der Waals surface area contributed by atoms with E-state index < -0.39 is 10.0 Å². The maximum absolute atomic E-state index is 11.5. The van der Waals surface area contributed by atoms with E-state index in [4.69, 9.17) is 5.73 Å². The summed E-state index contributed by atoms with van der Waals surface area (Å²) in [5, 5.41) is 0. The van der Waals surface area contributed by atoms with Gasteiger partial charge in [0.15, 0.2) is 0 Å². The Morgan fingerprint density at radius 2 is 2.29 bits per heavy atom. The van der Waals surface area contributed by atoms with Crippen LogP contribution in [0.3, 0.4) is 0 Å². The number of hydrogen-bond donors (Lipinski definition) is 2. The van der Waals surface area contributed by atoms with Crippen LogP contribution >= 0.6 is 11.3 Å². The van der Waals surface area contributed by atoms with Crippen LogP contribution in [0.25, 0.3) is 0 Å². The van der Waals surface area contributed by atoms with Gasteiger partial charge in [-0.25, -0.2) is 13.1 Å². The van der Waals surface area contributed by atoms with Crippen LogP contribution < -0.4 is 10.5 Å². The quantitative estimate of drug-likeness (QED) is 0.733. The highest BCUT2D eigenvalue weighted by Crippen LogP contribution is 2.20. The van der Waals surface area contributed by atoms with Gasteiger partial charge in [-0.1, -0.05) is 6.08 Å². The third-order valence-electron chi connectivity index (χ3n) is 1.52. The minimum atomic E-state index is -3.37. The second-order valence-electron chi connectivity index (χ2n) is 2.57. The monoisotopic (exact) mass is 232 g/mol. The molecule has 0 fully saturated rings. The van der Waals surface area contributed by atoms with Crippen molar-refractivity contribution in [2.45, 2.75) is 10.8 Å². The molecule has 0 atom stereocenters. The van der Waals surface area contributed by atoms with E-state index in [-0.39, 0.29) is 6.54 Å². The Hall–Kier alpha value is -0.690. The molecular weight excluding hydrogens is 220 g/mol. The Morgan fingerprint density at radius 3 is 2.79 bits per heavy atom. The molecule has 0 saturated carbocycles. The summed E-state index contributed by atoms with van der Waals surface area (Å²) in [6.07, 6.45) is 1.50. The van der Waals surface area contributed by atoms with Gasteiger partial charge in [-0.05, 0) is 12.1 Å². The van der Waals surface area contributed by atoms with Crippen molar-refractivity contribution >= 4 is 21.4 Å². The molecule has 14 heavy (non-hydrogen) atoms. The number of thiophene rings is 1. The number of hydrogen-bond acceptors (Lipinski definition) is 4. The molecule has 0 aliphatic carbocycles. The molecule has 0 aliphatic heterocycles. The van der Waals surface area contributed by atoms with E-state index in [1.165, 1.54) is 17.4 Å². The molecule has 0 aliphatic rings. The van der Waals surface area contributed by atoms with E-state index in [0.717, 1.165) is 4.88 Å². The summed E-state index contributed by atoms with van der Waals surface area (Å²) in [6.45, 7) is 4.03. The molecule has 1 heterocycles. The van der Waals surface area contributed by atoms with Crippen LogP contribution in [0.4, 0.5) is 0 Å². The first kappa shape index (κ1) is 11.4. The Balaban J connectivity index is 2.86. The predicted octanol–water partition coefficient (Wildman–Crippen LogP) is 0.671. The highest BCUT2D eigenvalue weighted by atomic mass is 32.2. The Morgan fingerprint density at radius 1 is 1.57 bits per heavy atom. The standard InChI is InChI=1S/C8H12N2O2S2/c1-2-5-10-14(11,12)8-4-3-7(6-9)13-8/h2-4,10H,1,5-6,9H2. The zero-order valence-corrected chi connectivity index (χ0v) is 9.20. The van der Waals surface area contributed by atoms with Crippen LogP contribution in [-0.2, 0) is 16.6 Å². The van der Waals surface area contributed by atoms with Gasteiger partial charge in [0.1, 0.15) is 4.21 Å². The van der Waals surface area contributed by atoms with Crippen molar-refractivity contribution in [2.75, 3.05) is 6.54 Å². The zero-order valence-electron chi connectivity index (χ0n) is 7.56. The zero-order chi connectivity index (χ0) is 10.6. The molecule has 1 aromatic heterocycles. The normalized spacial score (nSPS) is 11.5. The molecule has 0 radical (unpaired) electrons. The van der Waals surface area contributed by atoms with Crippen LogP contribution in [0, 0.1) is 0 Å². The van der Waals surface area contributed by atoms with E-state index in [9.17, 15) is 8.42 Å². The molecule has 4 nitrogen and oxygen atoms in total. The first-order valence-corrected chi connectivity index (χ1v) is 6.29. The number of nitrogens with two attached hydrogens (primary N) is 1. The molecule has 6 heteroatoms. The fourth-order valence-corrected chi connectivity index (χ4v) is 3.13. The largest absolute Gasteiger partial charge is 0.326 e. The second kappa shape index (κ2) is 4.70. The molecule has 1 aromatic rings. The summed E-state index contributed by atoms with van der Waals surface area (Å²) >= 11 is 1.18. The van der Waals surface area contributed by atoms with Gasteiger partial charge in [-0.15, -0.1) is 17.9 Å². The molecule has 0 unspecified atom stereocenters. The fraction of sp³-hybridized carbons (Fsp3) is 0.250. The van der Waals surface area contributed by atoms with E-state index in [1.807, 2.05) is 0 Å². The lowest BCUT2D eigenvalue weighted by atomic mass is 10.5. The lowest BCUT2D eigenvalue weighted by molar-refractivity contribution is 0.588. The van der Waals surface area contributed by atoms with Gasteiger partial charge in [-0.3, -0.25) is 0 Å². The number of sulfonamides is 1. The molecule has 78 valence electrons. The third kappa shape index (κ3) is 2.65. The van der Waals surface area contributed by atoms with Gasteiger partial charge >= 0.3 is 0 Å². The molecule has 0 amide bonds. The van der Waals surface area contributed by atoms with Gasteiger partial charge in [0.25, 0.3) is 0 Å². The van der Waals surface area contributed by atoms with Crippen LogP contribution in [0.2, 0.25) is 0 Å². The first-order valence-electron chi connectivity index (χ1n) is 3.99. The van der Waals surface area contributed by atoms with Gasteiger partial charge in [-0.2, -0.15) is 0 Å². The fourth-order valence-electron chi connectivity index (χ4n) is 0.852. The molecule has 0 bridgehead atoms. The van der Waals surface area contributed by atoms with Crippen molar-refractivity contribution in [2.24, 2.45) is 5.73 Å². The highest BCUT2D eigenvalue weighted by molar-refractivity contribution is 7.91. The predicted molar refractivity (Wildman–Crippen MR) is 57.6 cm³/mol. The third-order valence-corrected chi connectivity index (χ3v) is 4.54. The van der Waals surface area contributed by atoms with E-state index in [1.54, 1.807) is 12.1 Å². The van der Waals surface area contributed by atoms with E-state index >= 15 is 0 Å². The van der Waals surface area contributed by atoms with E-state index in [2.05, 4.69) is 11.3 Å². The lowest BCUT2D eigenvalue weighted by Gasteiger charge is -2.00. The summed E-state index contributed by atoms with van der Waals surface area (Å²) in [5.41, 5.74) is 5.39. The smallest absolute Gasteiger partial charge is 0.250 e. The van der Waals surface area contributed by atoms with Gasteiger partial charge in [0, 0.05) is 18.0 Å². The molecular formula is C8H12N2O2S2. The molecule has 3 N–H and O–H groups in total. The van der Waals surface area contributed by atoms with Crippen LogP contribution in [0.5, 0.6) is 0 Å². The number of rotatable bonds is 5. The van der Waals surface area contributed by atoms with Crippen LogP contribution in [0.1, 0.15) is 4.88 Å². The van der Waals surface area contributed by atoms with Gasteiger partial charge in [0.05, 0.1) is 0 Å². The SMILES string of the molecule is C=CCNS(=O)(=O)c1ccc(CN)s1. The molecule has 0 aromatic carbocycles. The van der Waals surface area contributed by atoms with Crippen molar-refractivity contribution in [1.82, 2.24) is 4.72 Å².